The van der Waals surface area contributed by atoms with Crippen LogP contribution in [0.15, 0.2) is 24.3 Å². The Morgan fingerprint density at radius 1 is 1.40 bits per heavy atom. The summed E-state index contributed by atoms with van der Waals surface area (Å²) < 4.78 is 9.19. The number of nitro benzene ring substituents is 1. The number of hydrogen-bond acceptors (Lipinski definition) is 5. The fourth-order valence-corrected chi connectivity index (χ4v) is 0.915. The molecule has 0 aliphatic heterocycles. The van der Waals surface area contributed by atoms with Gasteiger partial charge >= 0.3 is 5.97 Å². The van der Waals surface area contributed by atoms with E-state index in [1.807, 2.05) is 0 Å². The fourth-order valence-electron chi connectivity index (χ4n) is 0.915. The Morgan fingerprint density at radius 2 is 2.00 bits per heavy atom. The van der Waals surface area contributed by atoms with Crippen molar-refractivity contribution in [2.45, 2.75) is 0 Å². The molecule has 0 bridgehead atoms. The number of hydrogen-bond donors (Lipinski definition) is 0. The van der Waals surface area contributed by atoms with Crippen LogP contribution in [0.5, 0.6) is 0 Å². The molecule has 80 valence electrons. The SMILES string of the molecule is COCOC(=O)c1ccc([N+](=O)[O-])cc1. The smallest absolute Gasteiger partial charge is 0.340 e. The van der Waals surface area contributed by atoms with E-state index in [0.717, 1.165) is 0 Å². The second kappa shape index (κ2) is 5.06. The molecular weight excluding hydrogens is 202 g/mol. The zero-order valence-corrected chi connectivity index (χ0v) is 8.00. The maximum atomic E-state index is 11.2. The van der Waals surface area contributed by atoms with Crippen LogP contribution in [-0.2, 0) is 9.47 Å². The van der Waals surface area contributed by atoms with Crippen molar-refractivity contribution in [2.75, 3.05) is 13.9 Å². The van der Waals surface area contributed by atoms with Crippen LogP contribution in [-0.4, -0.2) is 24.8 Å². The van der Waals surface area contributed by atoms with Crippen LogP contribution in [0.3, 0.4) is 0 Å². The minimum Gasteiger partial charge on any atom is -0.435 e. The van der Waals surface area contributed by atoms with Crippen molar-refractivity contribution in [1.29, 1.82) is 0 Å². The average molecular weight is 211 g/mol. The van der Waals surface area contributed by atoms with Gasteiger partial charge in [-0.3, -0.25) is 10.1 Å². The van der Waals surface area contributed by atoms with Crippen molar-refractivity contribution in [2.24, 2.45) is 0 Å². The molecule has 6 nitrogen and oxygen atoms in total. The third-order valence-electron chi connectivity index (χ3n) is 1.62. The molecule has 0 aliphatic carbocycles. The molecule has 0 spiro atoms. The Morgan fingerprint density at radius 3 is 2.47 bits per heavy atom. The van der Waals surface area contributed by atoms with Gasteiger partial charge in [-0.1, -0.05) is 0 Å². The Hall–Kier alpha value is -1.95. The molecule has 0 saturated carbocycles. The predicted molar refractivity (Wildman–Crippen MR) is 50.4 cm³/mol. The summed E-state index contributed by atoms with van der Waals surface area (Å²) >= 11 is 0. The average Bonchev–Trinajstić information content (AvgIpc) is 2.26. The minimum absolute atomic E-state index is 0.0710. The first-order valence-corrected chi connectivity index (χ1v) is 4.05. The lowest BCUT2D eigenvalue weighted by atomic mass is 10.2. The highest BCUT2D eigenvalue weighted by Crippen LogP contribution is 2.12. The second-order valence-electron chi connectivity index (χ2n) is 2.64. The number of carbonyl (C=O) groups excluding carboxylic acids is 1. The van der Waals surface area contributed by atoms with Crippen molar-refractivity contribution in [1.82, 2.24) is 0 Å². The normalized spacial score (nSPS) is 9.67. The van der Waals surface area contributed by atoms with Gasteiger partial charge in [-0.2, -0.15) is 0 Å². The van der Waals surface area contributed by atoms with Crippen LogP contribution in [0.4, 0.5) is 5.69 Å². The highest BCUT2D eigenvalue weighted by molar-refractivity contribution is 5.89. The summed E-state index contributed by atoms with van der Waals surface area (Å²) in [7, 11) is 1.39. The molecule has 0 radical (unpaired) electrons. The van der Waals surface area contributed by atoms with Crippen molar-refractivity contribution in [3.05, 3.63) is 39.9 Å². The van der Waals surface area contributed by atoms with Gasteiger partial charge in [-0.15, -0.1) is 0 Å². The van der Waals surface area contributed by atoms with Crippen LogP contribution in [0.1, 0.15) is 10.4 Å². The summed E-state index contributed by atoms with van der Waals surface area (Å²) in [6.07, 6.45) is 0. The summed E-state index contributed by atoms with van der Waals surface area (Å²) in [4.78, 5) is 21.0. The summed E-state index contributed by atoms with van der Waals surface area (Å²) in [5, 5.41) is 10.3. The van der Waals surface area contributed by atoms with E-state index in [0.29, 0.717) is 0 Å². The predicted octanol–water partition coefficient (Wildman–Crippen LogP) is 1.36. The lowest BCUT2D eigenvalue weighted by Gasteiger charge is -2.02. The number of non-ortho nitro benzene ring substituents is 1. The fraction of sp³-hybridized carbons (Fsp3) is 0.222. The van der Waals surface area contributed by atoms with E-state index in [4.69, 9.17) is 0 Å². The zero-order chi connectivity index (χ0) is 11.3. The van der Waals surface area contributed by atoms with E-state index >= 15 is 0 Å². The quantitative estimate of drug-likeness (QED) is 0.325. The van der Waals surface area contributed by atoms with Gasteiger partial charge in [0.25, 0.3) is 5.69 Å². The first kappa shape index (κ1) is 11.1. The molecule has 15 heavy (non-hydrogen) atoms. The van der Waals surface area contributed by atoms with E-state index in [9.17, 15) is 14.9 Å². The van der Waals surface area contributed by atoms with Gasteiger partial charge in [-0.05, 0) is 12.1 Å². The Labute approximate surface area is 85.6 Å². The Bertz CT molecular complexity index is 359. The van der Waals surface area contributed by atoms with Crippen LogP contribution < -0.4 is 0 Å². The largest absolute Gasteiger partial charge is 0.435 e. The summed E-state index contributed by atoms with van der Waals surface area (Å²) in [5.74, 6) is -0.577. The van der Waals surface area contributed by atoms with Gasteiger partial charge in [0.2, 0.25) is 0 Å². The highest BCUT2D eigenvalue weighted by atomic mass is 16.7. The molecule has 0 saturated heterocycles. The Balaban J connectivity index is 2.71. The molecule has 0 N–H and O–H groups in total. The number of rotatable bonds is 4. The number of ether oxygens (including phenoxy) is 2. The third kappa shape index (κ3) is 3.03. The summed E-state index contributed by atoms with van der Waals surface area (Å²) in [5.41, 5.74) is 0.177. The number of methoxy groups -OCH3 is 1. The van der Waals surface area contributed by atoms with Crippen LogP contribution in [0.25, 0.3) is 0 Å². The van der Waals surface area contributed by atoms with Crippen molar-refractivity contribution in [3.63, 3.8) is 0 Å². The Kier molecular flexibility index (Phi) is 3.75. The van der Waals surface area contributed by atoms with Gasteiger partial charge < -0.3 is 9.47 Å². The number of nitrogens with zero attached hydrogens (tertiary/aromatic N) is 1. The molecule has 1 aromatic carbocycles. The molecule has 0 aliphatic rings. The molecule has 0 heterocycles. The van der Waals surface area contributed by atoms with Crippen LogP contribution >= 0.6 is 0 Å². The monoisotopic (exact) mass is 211 g/mol. The maximum Gasteiger partial charge on any atom is 0.340 e. The van der Waals surface area contributed by atoms with E-state index in [1.165, 1.54) is 31.4 Å². The topological polar surface area (TPSA) is 78.7 Å². The second-order valence-corrected chi connectivity index (χ2v) is 2.64. The minimum atomic E-state index is -0.577. The molecule has 0 aromatic heterocycles. The molecule has 0 fully saturated rings. The highest BCUT2D eigenvalue weighted by Gasteiger charge is 2.09. The number of carbonyl (C=O) groups is 1. The lowest BCUT2D eigenvalue weighted by Crippen LogP contribution is -2.07. The zero-order valence-electron chi connectivity index (χ0n) is 8.00. The van der Waals surface area contributed by atoms with Gasteiger partial charge in [0.15, 0.2) is 6.79 Å². The van der Waals surface area contributed by atoms with E-state index < -0.39 is 10.9 Å². The van der Waals surface area contributed by atoms with Crippen molar-refractivity contribution in [3.8, 4) is 0 Å². The molecular formula is C9H9NO5. The molecule has 0 amide bonds. The van der Waals surface area contributed by atoms with Gasteiger partial charge in [-0.25, -0.2) is 4.79 Å². The molecule has 0 atom stereocenters. The first-order valence-electron chi connectivity index (χ1n) is 4.05. The van der Waals surface area contributed by atoms with Crippen LogP contribution in [0.2, 0.25) is 0 Å². The molecule has 1 rings (SSSR count). The first-order chi connectivity index (χ1) is 7.15. The maximum absolute atomic E-state index is 11.2. The van der Waals surface area contributed by atoms with Gasteiger partial charge in [0, 0.05) is 19.2 Å². The van der Waals surface area contributed by atoms with Crippen LogP contribution in [0, 0.1) is 10.1 Å². The number of benzene rings is 1. The van der Waals surface area contributed by atoms with E-state index in [2.05, 4.69) is 9.47 Å². The number of esters is 1. The van der Waals surface area contributed by atoms with Gasteiger partial charge in [0.05, 0.1) is 10.5 Å². The van der Waals surface area contributed by atoms with Gasteiger partial charge in [0.1, 0.15) is 0 Å². The molecule has 0 unspecified atom stereocenters. The lowest BCUT2D eigenvalue weighted by molar-refractivity contribution is -0.384. The van der Waals surface area contributed by atoms with Crippen molar-refractivity contribution < 1.29 is 19.2 Å². The van der Waals surface area contributed by atoms with Crippen molar-refractivity contribution >= 4 is 11.7 Å². The molecule has 1 aromatic rings. The van der Waals surface area contributed by atoms with E-state index in [-0.39, 0.29) is 18.0 Å². The number of nitro groups is 1. The molecule has 6 heteroatoms. The van der Waals surface area contributed by atoms with E-state index in [1.54, 1.807) is 0 Å². The summed E-state index contributed by atoms with van der Waals surface area (Å²) in [6, 6.07) is 5.14. The standard InChI is InChI=1S/C9H9NO5/c1-14-6-15-9(11)7-2-4-8(5-3-7)10(12)13/h2-5H,6H2,1H3. The third-order valence-corrected chi connectivity index (χ3v) is 1.62. The summed E-state index contributed by atoms with van der Waals surface area (Å²) in [6.45, 7) is -0.143.